The maximum Gasteiger partial charge on any atom is 0.0540 e. The fraction of sp³-hybridized carbons (Fsp3) is 0.0294. The van der Waals surface area contributed by atoms with Crippen LogP contribution in [0.5, 0.6) is 0 Å². The van der Waals surface area contributed by atoms with E-state index in [0.29, 0.717) is 0 Å². The van der Waals surface area contributed by atoms with Crippen molar-refractivity contribution < 1.29 is 0 Å². The van der Waals surface area contributed by atoms with Crippen molar-refractivity contribution in [2.75, 3.05) is 4.90 Å². The van der Waals surface area contributed by atoms with Crippen molar-refractivity contribution in [3.63, 3.8) is 0 Å². The Balaban J connectivity index is 0.997. The molecule has 1 aliphatic carbocycles. The molecule has 13 rings (SSSR count). The van der Waals surface area contributed by atoms with Gasteiger partial charge in [-0.2, -0.15) is 0 Å². The number of hydrogen-bond acceptors (Lipinski definition) is 1. The van der Waals surface area contributed by atoms with Crippen molar-refractivity contribution in [2.45, 2.75) is 12.3 Å². The van der Waals surface area contributed by atoms with Crippen LogP contribution < -0.4 is 4.90 Å². The molecule has 0 N–H and O–H groups in total. The van der Waals surface area contributed by atoms with Crippen molar-refractivity contribution >= 4 is 49.4 Å². The van der Waals surface area contributed by atoms with Gasteiger partial charge in [-0.15, -0.1) is 0 Å². The lowest BCUT2D eigenvalue weighted by Crippen LogP contribution is -2.22. The first-order chi connectivity index (χ1) is 34.1. The second kappa shape index (κ2) is 16.5. The first-order valence-electron chi connectivity index (χ1n) is 24.0. The van der Waals surface area contributed by atoms with E-state index in [9.17, 15) is 0 Å². The van der Waals surface area contributed by atoms with E-state index in [2.05, 4.69) is 279 Å². The maximum atomic E-state index is 2.47. The highest BCUT2D eigenvalue weighted by Gasteiger charge is 2.41. The molecule has 12 aromatic rings. The van der Waals surface area contributed by atoms with Crippen LogP contribution in [0.3, 0.4) is 0 Å². The van der Waals surface area contributed by atoms with Gasteiger partial charge in [0.05, 0.1) is 5.69 Å². The summed E-state index contributed by atoms with van der Waals surface area (Å²) in [6.45, 7) is 2.39. The van der Waals surface area contributed by atoms with Crippen LogP contribution in [0.4, 0.5) is 17.1 Å². The fourth-order valence-electron chi connectivity index (χ4n) is 11.5. The van der Waals surface area contributed by atoms with Crippen molar-refractivity contribution in [1.82, 2.24) is 0 Å². The zero-order chi connectivity index (χ0) is 45.9. The maximum absolute atomic E-state index is 2.47. The van der Waals surface area contributed by atoms with E-state index in [1.165, 1.54) is 105 Å². The van der Waals surface area contributed by atoms with E-state index in [-0.39, 0.29) is 5.41 Å². The predicted octanol–water partition coefficient (Wildman–Crippen LogP) is 18.6. The van der Waals surface area contributed by atoms with Gasteiger partial charge in [0.15, 0.2) is 0 Å². The van der Waals surface area contributed by atoms with Crippen LogP contribution in [0, 0.1) is 0 Å². The number of rotatable bonds is 8. The fourth-order valence-corrected chi connectivity index (χ4v) is 11.5. The van der Waals surface area contributed by atoms with Crippen molar-refractivity contribution in [3.8, 4) is 55.6 Å². The number of anilines is 3. The van der Waals surface area contributed by atoms with Crippen LogP contribution in [0.1, 0.15) is 23.6 Å². The van der Waals surface area contributed by atoms with Crippen molar-refractivity contribution in [2.24, 2.45) is 0 Å². The van der Waals surface area contributed by atoms with Gasteiger partial charge in [0.25, 0.3) is 0 Å². The molecule has 0 radical (unpaired) electrons. The lowest BCUT2D eigenvalue weighted by atomic mass is 9.74. The first kappa shape index (κ1) is 40.5. The summed E-state index contributed by atoms with van der Waals surface area (Å²) in [7, 11) is 0. The highest BCUT2D eigenvalue weighted by Crippen LogP contribution is 2.54. The molecule has 0 amide bonds. The number of hydrogen-bond donors (Lipinski definition) is 0. The lowest BCUT2D eigenvalue weighted by Gasteiger charge is -2.30. The summed E-state index contributed by atoms with van der Waals surface area (Å²) in [4.78, 5) is 2.47. The molecule has 0 saturated carbocycles. The third-order valence-corrected chi connectivity index (χ3v) is 14.7. The molecule has 0 bridgehead atoms. The summed E-state index contributed by atoms with van der Waals surface area (Å²) in [6.07, 6.45) is 0. The van der Waals surface area contributed by atoms with Gasteiger partial charge < -0.3 is 4.90 Å². The molecule has 1 atom stereocenters. The van der Waals surface area contributed by atoms with Crippen LogP contribution >= 0.6 is 0 Å². The van der Waals surface area contributed by atoms with Crippen LogP contribution in [0.25, 0.3) is 88.0 Å². The van der Waals surface area contributed by atoms with E-state index in [4.69, 9.17) is 0 Å². The van der Waals surface area contributed by atoms with E-state index >= 15 is 0 Å². The zero-order valence-corrected chi connectivity index (χ0v) is 38.4. The van der Waals surface area contributed by atoms with E-state index in [1.807, 2.05) is 0 Å². The molecular weight excluding hydrogens is 831 g/mol. The summed E-state index contributed by atoms with van der Waals surface area (Å²) in [6, 6.07) is 98.3. The van der Waals surface area contributed by atoms with E-state index in [1.54, 1.807) is 0 Å². The van der Waals surface area contributed by atoms with E-state index < -0.39 is 0 Å². The Kier molecular flexibility index (Phi) is 9.70. The average Bonchev–Trinajstić information content (AvgIpc) is 3.69. The highest BCUT2D eigenvalue weighted by molar-refractivity contribution is 6.22. The van der Waals surface area contributed by atoms with Gasteiger partial charge in [-0.25, -0.2) is 0 Å². The summed E-state index contributed by atoms with van der Waals surface area (Å²) >= 11 is 0. The van der Waals surface area contributed by atoms with Gasteiger partial charge in [-0.3, -0.25) is 0 Å². The third-order valence-electron chi connectivity index (χ3n) is 14.7. The van der Waals surface area contributed by atoms with Crippen LogP contribution in [-0.2, 0) is 5.41 Å². The second-order valence-electron chi connectivity index (χ2n) is 18.5. The smallest absolute Gasteiger partial charge is 0.0540 e. The van der Waals surface area contributed by atoms with Crippen LogP contribution in [0.2, 0.25) is 0 Å². The molecule has 69 heavy (non-hydrogen) atoms. The minimum atomic E-state index is -0.281. The van der Waals surface area contributed by atoms with Crippen LogP contribution in [-0.4, -0.2) is 0 Å². The average molecular weight is 878 g/mol. The van der Waals surface area contributed by atoms with Gasteiger partial charge in [-0.05, 0) is 143 Å². The Morgan fingerprint density at radius 3 is 1.48 bits per heavy atom. The summed E-state index contributed by atoms with van der Waals surface area (Å²) in [5, 5.41) is 7.43. The Bertz CT molecular complexity index is 3880. The molecule has 0 saturated heterocycles. The van der Waals surface area contributed by atoms with Gasteiger partial charge in [0.1, 0.15) is 0 Å². The van der Waals surface area contributed by atoms with Gasteiger partial charge in [0.2, 0.25) is 0 Å². The van der Waals surface area contributed by atoms with Crippen molar-refractivity contribution in [3.05, 3.63) is 284 Å². The monoisotopic (exact) mass is 877 g/mol. The zero-order valence-electron chi connectivity index (χ0n) is 38.4. The van der Waals surface area contributed by atoms with E-state index in [0.717, 1.165) is 17.1 Å². The molecule has 1 heteroatoms. The molecule has 0 aliphatic heterocycles. The van der Waals surface area contributed by atoms with Gasteiger partial charge >= 0.3 is 0 Å². The number of fused-ring (bicyclic) bond motifs is 7. The summed E-state index contributed by atoms with van der Waals surface area (Å²) in [5.41, 5.74) is 19.3. The molecule has 0 spiro atoms. The topological polar surface area (TPSA) is 3.24 Å². The molecule has 1 aliphatic rings. The minimum Gasteiger partial charge on any atom is -0.310 e. The lowest BCUT2D eigenvalue weighted by molar-refractivity contribution is 0.714. The molecule has 1 unspecified atom stereocenters. The molecule has 12 aromatic carbocycles. The molecule has 324 valence electrons. The molecule has 0 aromatic heterocycles. The van der Waals surface area contributed by atoms with Gasteiger partial charge in [-0.1, -0.05) is 231 Å². The summed E-state index contributed by atoms with van der Waals surface area (Å²) in [5.74, 6) is 0. The standard InChI is InChI=1S/C68H47N/c1-68(51-26-12-5-13-27-51)63-33-19-18-30-58(63)61-45-53(39-42-64(61)68)69(65-43-41-54(47-20-6-2-7-21-47)55-28-14-16-31-59(55)65)52-37-34-46(35-38-52)50-36-40-57-56-29-15-17-32-60(56)66(48-22-8-3-9-23-48)67(62(57)44-50)49-24-10-4-11-25-49/h2-45H,1H3. The van der Waals surface area contributed by atoms with Gasteiger partial charge in [0, 0.05) is 22.2 Å². The second-order valence-corrected chi connectivity index (χ2v) is 18.5. The molecule has 0 fully saturated rings. The largest absolute Gasteiger partial charge is 0.310 e. The van der Waals surface area contributed by atoms with Crippen molar-refractivity contribution in [1.29, 1.82) is 0 Å². The Hall–Kier alpha value is -8.78. The molecular formula is C68H47N. The highest BCUT2D eigenvalue weighted by atomic mass is 15.1. The first-order valence-corrected chi connectivity index (χ1v) is 24.0. The number of nitrogens with zero attached hydrogens (tertiary/aromatic N) is 1. The molecule has 1 nitrogen and oxygen atoms in total. The Labute approximate surface area is 403 Å². The normalized spacial score (nSPS) is 13.9. The Morgan fingerprint density at radius 1 is 0.275 bits per heavy atom. The quantitative estimate of drug-likeness (QED) is 0.138. The Morgan fingerprint density at radius 2 is 0.783 bits per heavy atom. The van der Waals surface area contributed by atoms with Crippen LogP contribution in [0.15, 0.2) is 267 Å². The molecule has 0 heterocycles. The third kappa shape index (κ3) is 6.61. The number of benzene rings is 12. The minimum absolute atomic E-state index is 0.281. The summed E-state index contributed by atoms with van der Waals surface area (Å²) < 4.78 is 0. The predicted molar refractivity (Wildman–Crippen MR) is 293 cm³/mol. The SMILES string of the molecule is CC1(c2ccccc2)c2ccccc2-c2cc(N(c3ccc(-c4ccc5c(c4)c(-c4ccccc4)c(-c4ccccc4)c4ccccc45)cc3)c3ccc(-c4ccccc4)c4ccccc34)ccc21.